The Morgan fingerprint density at radius 1 is 0.568 bits per heavy atom. The molecule has 0 spiro atoms. The van der Waals surface area contributed by atoms with E-state index in [2.05, 4.69) is 31.9 Å². The van der Waals surface area contributed by atoms with Gasteiger partial charge in [0.1, 0.15) is 0 Å². The first-order valence-corrected chi connectivity index (χ1v) is 11.4. The Bertz CT molecular complexity index is 1170. The van der Waals surface area contributed by atoms with E-state index in [-0.39, 0.29) is 29.0 Å². The number of carbonyl (C=O) groups excluding carboxylic acids is 1. The molecule has 212 valence electrons. The molecule has 0 radical (unpaired) electrons. The summed E-state index contributed by atoms with van der Waals surface area (Å²) in [5, 5.41) is -0.193. The predicted octanol–water partition coefficient (Wildman–Crippen LogP) is 9.68. The molecular weight excluding hydrogens is 743 g/mol. The first kappa shape index (κ1) is 32.3. The third kappa shape index (κ3) is 4.16. The van der Waals surface area contributed by atoms with Crippen molar-refractivity contribution < 1.29 is 79.4 Å². The van der Waals surface area contributed by atoms with Crippen molar-refractivity contribution in [2.24, 2.45) is 0 Å². The molecule has 2 rings (SSSR count). The van der Waals surface area contributed by atoms with Gasteiger partial charge in [0.25, 0.3) is 0 Å². The molecule has 0 unspecified atom stereocenters. The van der Waals surface area contributed by atoms with Crippen molar-refractivity contribution in [3.63, 3.8) is 0 Å². The summed E-state index contributed by atoms with van der Waals surface area (Å²) in [5.41, 5.74) is 0. The van der Waals surface area contributed by atoms with Gasteiger partial charge in [0.15, 0.2) is 0 Å². The molecule has 0 aliphatic rings. The quantitative estimate of drug-likeness (QED) is 0.195. The van der Waals surface area contributed by atoms with Gasteiger partial charge in [-0.15, -0.1) is 22.7 Å². The minimum absolute atomic E-state index is 0.0316. The maximum atomic E-state index is 14.2. The molecule has 0 aliphatic carbocycles. The highest BCUT2D eigenvalue weighted by Crippen LogP contribution is 2.64. The molecule has 0 saturated heterocycles. The molecule has 1 nitrogen and oxygen atoms in total. The molecule has 2 aromatic rings. The molecule has 2 aromatic heterocycles. The van der Waals surface area contributed by atoms with Crippen LogP contribution in [0.25, 0.3) is 10.1 Å². The molecule has 0 fully saturated rings. The number of hydrogen-bond donors (Lipinski definition) is 0. The second-order valence-electron chi connectivity index (χ2n) is 6.85. The SMILES string of the molecule is O=C(c1cc2c(Br)sc(Br)c2s1)C(F)(F)C(F)(F)C(F)(F)C(F)(F)C(F)(F)C(F)(F)C(F)(F)C(F)(F)F. The second-order valence-corrected chi connectivity index (χ2v) is 11.6. The zero-order chi connectivity index (χ0) is 29.6. The van der Waals surface area contributed by atoms with Gasteiger partial charge in [0.05, 0.1) is 17.1 Å². The molecule has 0 aromatic carbocycles. The van der Waals surface area contributed by atoms with Crippen LogP contribution < -0.4 is 0 Å². The topological polar surface area (TPSA) is 17.1 Å². The first-order chi connectivity index (χ1) is 16.1. The van der Waals surface area contributed by atoms with Gasteiger partial charge in [-0.2, -0.15) is 74.6 Å². The summed E-state index contributed by atoms with van der Waals surface area (Å²) in [6.45, 7) is 0. The zero-order valence-corrected chi connectivity index (χ0v) is 20.8. The van der Waals surface area contributed by atoms with Crippen LogP contribution in [0.4, 0.5) is 74.6 Å². The zero-order valence-electron chi connectivity index (χ0n) is 16.0. The smallest absolute Gasteiger partial charge is 0.286 e. The van der Waals surface area contributed by atoms with Gasteiger partial charge >= 0.3 is 47.6 Å². The minimum Gasteiger partial charge on any atom is -0.286 e. The predicted molar refractivity (Wildman–Crippen MR) is 100 cm³/mol. The van der Waals surface area contributed by atoms with Gasteiger partial charge in [0.2, 0.25) is 5.78 Å². The Kier molecular flexibility index (Phi) is 7.69. The molecule has 2 heterocycles. The lowest BCUT2D eigenvalue weighted by molar-refractivity contribution is -0.459. The molecule has 22 heteroatoms. The summed E-state index contributed by atoms with van der Waals surface area (Å²) in [7, 11) is 0. The number of rotatable bonds is 8. The number of carbonyl (C=O) groups is 1. The van der Waals surface area contributed by atoms with Crippen LogP contribution in [0.1, 0.15) is 9.67 Å². The molecule has 0 amide bonds. The maximum Gasteiger partial charge on any atom is 0.460 e. The third-order valence-electron chi connectivity index (χ3n) is 4.53. The fourth-order valence-corrected chi connectivity index (χ4v) is 6.87. The van der Waals surface area contributed by atoms with Crippen molar-refractivity contribution in [3.05, 3.63) is 18.5 Å². The highest BCUT2D eigenvalue weighted by molar-refractivity contribution is 9.12. The number of halogens is 19. The molecule has 0 aliphatic heterocycles. The summed E-state index contributed by atoms with van der Waals surface area (Å²) in [4.78, 5) is 10.3. The monoisotopic (exact) mass is 742 g/mol. The van der Waals surface area contributed by atoms with Gasteiger partial charge in [0, 0.05) is 5.39 Å². The number of thiophene rings is 2. The molecular formula is C15HBr2F17OS2. The average Bonchev–Trinajstić information content (AvgIpc) is 3.26. The van der Waals surface area contributed by atoms with Crippen molar-refractivity contribution in [1.82, 2.24) is 0 Å². The van der Waals surface area contributed by atoms with E-state index in [9.17, 15) is 79.4 Å². The Morgan fingerprint density at radius 2 is 0.946 bits per heavy atom. The lowest BCUT2D eigenvalue weighted by atomic mass is 9.88. The minimum atomic E-state index is -8.74. The summed E-state index contributed by atoms with van der Waals surface area (Å²) >= 11 is 6.36. The van der Waals surface area contributed by atoms with Crippen molar-refractivity contribution in [2.45, 2.75) is 47.6 Å². The van der Waals surface area contributed by atoms with E-state index < -0.39 is 58.3 Å². The van der Waals surface area contributed by atoms with Crippen molar-refractivity contribution in [2.75, 3.05) is 0 Å². The summed E-state index contributed by atoms with van der Waals surface area (Å²) < 4.78 is 227. The standard InChI is InChI=1S/C15HBr2F17OS2/c16-6-2-1-3(36-4(2)7(17)37-6)5(35)8(18,19)9(20,21)10(22,23)11(24,25)12(26,27)13(28,29)14(30,31)15(32,33)34/h1H. The second kappa shape index (κ2) is 8.80. The van der Waals surface area contributed by atoms with Crippen LogP contribution in [0.5, 0.6) is 0 Å². The Balaban J connectivity index is 2.64. The fraction of sp³-hybridized carbons (Fsp3) is 0.533. The molecule has 0 atom stereocenters. The van der Waals surface area contributed by atoms with Gasteiger partial charge in [-0.05, 0) is 37.9 Å². The van der Waals surface area contributed by atoms with Gasteiger partial charge in [-0.1, -0.05) is 0 Å². The summed E-state index contributed by atoms with van der Waals surface area (Å²) in [6.07, 6.45) is -7.83. The van der Waals surface area contributed by atoms with Crippen molar-refractivity contribution in [1.29, 1.82) is 0 Å². The Hall–Kier alpha value is -0.900. The fourth-order valence-electron chi connectivity index (χ4n) is 2.44. The number of fused-ring (bicyclic) bond motifs is 1. The van der Waals surface area contributed by atoms with E-state index in [1.54, 1.807) is 0 Å². The van der Waals surface area contributed by atoms with Crippen LogP contribution in [0.2, 0.25) is 0 Å². The van der Waals surface area contributed by atoms with Crippen LogP contribution in [0, 0.1) is 0 Å². The normalized spacial score (nSPS) is 15.5. The number of Topliss-reactive ketones (excluding diaryl/α,β-unsaturated/α-hetero) is 1. The lowest BCUT2D eigenvalue weighted by Crippen LogP contribution is -2.75. The maximum absolute atomic E-state index is 14.2. The van der Waals surface area contributed by atoms with Crippen molar-refractivity contribution >= 4 is 70.4 Å². The van der Waals surface area contributed by atoms with E-state index in [0.717, 1.165) is 11.3 Å². The van der Waals surface area contributed by atoms with Crippen LogP contribution in [0.3, 0.4) is 0 Å². The lowest BCUT2D eigenvalue weighted by Gasteiger charge is -2.42. The van der Waals surface area contributed by atoms with Crippen LogP contribution in [-0.4, -0.2) is 53.4 Å². The highest BCUT2D eigenvalue weighted by Gasteiger charge is 2.95. The number of alkyl halides is 17. The molecule has 0 saturated carbocycles. The molecule has 0 N–H and O–H groups in total. The summed E-state index contributed by atoms with van der Waals surface area (Å²) in [6, 6.07) is 0.348. The van der Waals surface area contributed by atoms with Crippen molar-refractivity contribution in [3.8, 4) is 0 Å². The highest BCUT2D eigenvalue weighted by atomic mass is 79.9. The Morgan fingerprint density at radius 3 is 1.32 bits per heavy atom. The molecule has 0 bridgehead atoms. The van der Waals surface area contributed by atoms with Gasteiger partial charge in [-0.25, -0.2) is 0 Å². The third-order valence-corrected chi connectivity index (χ3v) is 8.65. The van der Waals surface area contributed by atoms with Gasteiger partial charge < -0.3 is 0 Å². The van der Waals surface area contributed by atoms with E-state index >= 15 is 0 Å². The number of ketones is 1. The van der Waals surface area contributed by atoms with E-state index in [0.29, 0.717) is 6.07 Å². The largest absolute Gasteiger partial charge is 0.460 e. The van der Waals surface area contributed by atoms with E-state index in [4.69, 9.17) is 0 Å². The van der Waals surface area contributed by atoms with Gasteiger partial charge in [-0.3, -0.25) is 4.79 Å². The first-order valence-electron chi connectivity index (χ1n) is 8.19. The van der Waals surface area contributed by atoms with E-state index in [1.165, 1.54) is 0 Å². The molecule has 37 heavy (non-hydrogen) atoms. The van der Waals surface area contributed by atoms with Crippen LogP contribution >= 0.6 is 54.5 Å². The van der Waals surface area contributed by atoms with Crippen LogP contribution in [-0.2, 0) is 0 Å². The summed E-state index contributed by atoms with van der Waals surface area (Å²) in [5.74, 6) is -61.4. The van der Waals surface area contributed by atoms with E-state index in [1.807, 2.05) is 0 Å². The Labute approximate surface area is 215 Å². The number of hydrogen-bond acceptors (Lipinski definition) is 3. The average molecular weight is 744 g/mol. The van der Waals surface area contributed by atoms with Crippen LogP contribution in [0.15, 0.2) is 13.6 Å².